The molecular formula is C15H25N3O2. The first kappa shape index (κ1) is 15.2. The molecule has 5 nitrogen and oxygen atoms in total. The first-order valence-corrected chi connectivity index (χ1v) is 7.23. The van der Waals surface area contributed by atoms with E-state index in [1.54, 1.807) is 13.3 Å². The number of hydrogen-bond donors (Lipinski definition) is 0. The van der Waals surface area contributed by atoms with Gasteiger partial charge in [-0.05, 0) is 31.4 Å². The van der Waals surface area contributed by atoms with E-state index in [-0.39, 0.29) is 5.60 Å². The van der Waals surface area contributed by atoms with E-state index in [1.807, 2.05) is 13.2 Å². The van der Waals surface area contributed by atoms with Crippen LogP contribution in [0.25, 0.3) is 0 Å². The molecule has 1 aliphatic rings. The maximum absolute atomic E-state index is 5.85. The van der Waals surface area contributed by atoms with E-state index in [4.69, 9.17) is 9.47 Å². The van der Waals surface area contributed by atoms with E-state index < -0.39 is 0 Å². The van der Waals surface area contributed by atoms with Crippen LogP contribution >= 0.6 is 0 Å². The summed E-state index contributed by atoms with van der Waals surface area (Å²) in [6, 6.07) is 2.38. The fourth-order valence-electron chi connectivity index (χ4n) is 2.94. The Balaban J connectivity index is 2.05. The molecular weight excluding hydrogens is 254 g/mol. The lowest BCUT2D eigenvalue weighted by Gasteiger charge is -2.44. The number of likely N-dealkylation sites (tertiary alicyclic amines) is 1. The van der Waals surface area contributed by atoms with Crippen molar-refractivity contribution in [3.63, 3.8) is 0 Å². The molecule has 1 saturated heterocycles. The van der Waals surface area contributed by atoms with Crippen molar-refractivity contribution in [2.24, 2.45) is 5.92 Å². The van der Waals surface area contributed by atoms with Crippen LogP contribution in [-0.4, -0.2) is 47.8 Å². The van der Waals surface area contributed by atoms with E-state index >= 15 is 0 Å². The van der Waals surface area contributed by atoms with Crippen LogP contribution in [0, 0.1) is 5.92 Å². The Bertz CT molecular complexity index is 439. The quantitative estimate of drug-likeness (QED) is 0.826. The summed E-state index contributed by atoms with van der Waals surface area (Å²) in [5, 5.41) is 0. The molecule has 0 N–H and O–H groups in total. The van der Waals surface area contributed by atoms with Crippen molar-refractivity contribution >= 4 is 0 Å². The molecule has 1 aliphatic heterocycles. The van der Waals surface area contributed by atoms with Gasteiger partial charge in [0, 0.05) is 26.4 Å². The summed E-state index contributed by atoms with van der Waals surface area (Å²) >= 11 is 0. The largest absolute Gasteiger partial charge is 0.467 e. The molecule has 0 aromatic carbocycles. The van der Waals surface area contributed by atoms with Crippen LogP contribution in [0.3, 0.4) is 0 Å². The summed E-state index contributed by atoms with van der Waals surface area (Å²) in [5.74, 6) is 0.509. The highest BCUT2D eigenvalue weighted by Crippen LogP contribution is 2.32. The van der Waals surface area contributed by atoms with E-state index in [2.05, 4.69) is 28.7 Å². The molecule has 0 amide bonds. The average Bonchev–Trinajstić information content (AvgIpc) is 2.47. The normalized spacial score (nSPS) is 24.1. The third kappa shape index (κ3) is 3.27. The number of methoxy groups -OCH3 is 2. The van der Waals surface area contributed by atoms with Gasteiger partial charge in [-0.15, -0.1) is 0 Å². The molecule has 2 rings (SSSR count). The second-order valence-corrected chi connectivity index (χ2v) is 5.77. The van der Waals surface area contributed by atoms with E-state index in [0.29, 0.717) is 11.9 Å². The Morgan fingerprint density at radius 3 is 2.85 bits per heavy atom. The van der Waals surface area contributed by atoms with Crippen molar-refractivity contribution in [3.05, 3.63) is 18.0 Å². The molecule has 1 atom stereocenters. The fourth-order valence-corrected chi connectivity index (χ4v) is 2.94. The number of ether oxygens (including phenoxy) is 2. The first-order chi connectivity index (χ1) is 9.59. The van der Waals surface area contributed by atoms with Gasteiger partial charge in [-0.2, -0.15) is 4.98 Å². The van der Waals surface area contributed by atoms with Crippen LogP contribution in [-0.2, 0) is 11.3 Å². The van der Waals surface area contributed by atoms with Gasteiger partial charge >= 0.3 is 6.01 Å². The van der Waals surface area contributed by atoms with Gasteiger partial charge in [0.25, 0.3) is 0 Å². The third-order valence-corrected chi connectivity index (χ3v) is 4.28. The Morgan fingerprint density at radius 1 is 1.40 bits per heavy atom. The molecule has 0 saturated carbocycles. The van der Waals surface area contributed by atoms with Crippen molar-refractivity contribution < 1.29 is 9.47 Å². The van der Waals surface area contributed by atoms with Gasteiger partial charge in [0.2, 0.25) is 0 Å². The van der Waals surface area contributed by atoms with Crippen molar-refractivity contribution in [2.45, 2.75) is 38.8 Å². The van der Waals surface area contributed by atoms with E-state index in [0.717, 1.165) is 38.2 Å². The maximum Gasteiger partial charge on any atom is 0.316 e. The minimum atomic E-state index is -0.0324. The molecule has 1 fully saturated rings. The molecule has 112 valence electrons. The van der Waals surface area contributed by atoms with Gasteiger partial charge in [0.05, 0.1) is 18.4 Å². The van der Waals surface area contributed by atoms with Crippen molar-refractivity contribution in [1.29, 1.82) is 0 Å². The third-order valence-electron chi connectivity index (χ3n) is 4.28. The minimum Gasteiger partial charge on any atom is -0.467 e. The predicted molar refractivity (Wildman–Crippen MR) is 77.7 cm³/mol. The van der Waals surface area contributed by atoms with Crippen LogP contribution in [0.1, 0.15) is 32.4 Å². The molecule has 0 spiro atoms. The highest BCUT2D eigenvalue weighted by atomic mass is 16.5. The van der Waals surface area contributed by atoms with E-state index in [1.165, 1.54) is 0 Å². The van der Waals surface area contributed by atoms with Crippen LogP contribution in [0.2, 0.25) is 0 Å². The second kappa shape index (κ2) is 6.50. The summed E-state index contributed by atoms with van der Waals surface area (Å²) < 4.78 is 10.9. The van der Waals surface area contributed by atoms with Crippen LogP contribution in [0.5, 0.6) is 6.01 Å². The lowest BCUT2D eigenvalue weighted by atomic mass is 9.82. The zero-order valence-electron chi connectivity index (χ0n) is 12.9. The Morgan fingerprint density at radius 2 is 2.20 bits per heavy atom. The molecule has 1 aromatic rings. The Labute approximate surface area is 121 Å². The molecule has 1 aromatic heterocycles. The molecule has 0 bridgehead atoms. The fraction of sp³-hybridized carbons (Fsp3) is 0.733. The highest BCUT2D eigenvalue weighted by Gasteiger charge is 2.38. The van der Waals surface area contributed by atoms with Crippen LogP contribution < -0.4 is 4.74 Å². The monoisotopic (exact) mass is 279 g/mol. The number of hydrogen-bond acceptors (Lipinski definition) is 5. The van der Waals surface area contributed by atoms with Gasteiger partial charge in [-0.3, -0.25) is 4.90 Å². The smallest absolute Gasteiger partial charge is 0.316 e. The lowest BCUT2D eigenvalue weighted by molar-refractivity contribution is -0.0969. The highest BCUT2D eigenvalue weighted by molar-refractivity contribution is 5.06. The molecule has 1 unspecified atom stereocenters. The topological polar surface area (TPSA) is 47.5 Å². The minimum absolute atomic E-state index is 0.0324. The van der Waals surface area contributed by atoms with Gasteiger partial charge < -0.3 is 9.47 Å². The van der Waals surface area contributed by atoms with Crippen LogP contribution in [0.4, 0.5) is 0 Å². The predicted octanol–water partition coefficient (Wildman–Crippen LogP) is 2.12. The maximum atomic E-state index is 5.85. The molecule has 5 heteroatoms. The first-order valence-electron chi connectivity index (χ1n) is 7.23. The lowest BCUT2D eigenvalue weighted by Crippen LogP contribution is -2.52. The summed E-state index contributed by atoms with van der Waals surface area (Å²) in [7, 11) is 3.42. The SMILES string of the molecule is COc1nccc(CN2CCCC(OC)(C(C)C)C2)n1. The molecule has 2 heterocycles. The summed E-state index contributed by atoms with van der Waals surface area (Å²) in [4.78, 5) is 10.8. The summed E-state index contributed by atoms with van der Waals surface area (Å²) in [5.41, 5.74) is 0.961. The van der Waals surface area contributed by atoms with Crippen molar-refractivity contribution in [2.75, 3.05) is 27.3 Å². The van der Waals surface area contributed by atoms with Gasteiger partial charge in [0.15, 0.2) is 0 Å². The van der Waals surface area contributed by atoms with Gasteiger partial charge in [0.1, 0.15) is 0 Å². The zero-order chi connectivity index (χ0) is 14.6. The standard InChI is InChI=1S/C15H25N3O2/c1-12(2)15(20-4)7-5-9-18(11-15)10-13-6-8-16-14(17-13)19-3/h6,8,12H,5,7,9-11H2,1-4H3. The Kier molecular flexibility index (Phi) is 4.94. The number of aromatic nitrogens is 2. The molecule has 20 heavy (non-hydrogen) atoms. The number of piperidine rings is 1. The second-order valence-electron chi connectivity index (χ2n) is 5.77. The summed E-state index contributed by atoms with van der Waals surface area (Å²) in [6.45, 7) is 7.33. The van der Waals surface area contributed by atoms with Crippen molar-refractivity contribution in [3.8, 4) is 6.01 Å². The average molecular weight is 279 g/mol. The number of rotatable bonds is 5. The molecule has 0 aliphatic carbocycles. The zero-order valence-corrected chi connectivity index (χ0v) is 12.9. The number of nitrogens with zero attached hydrogens (tertiary/aromatic N) is 3. The van der Waals surface area contributed by atoms with E-state index in [9.17, 15) is 0 Å². The van der Waals surface area contributed by atoms with Crippen molar-refractivity contribution in [1.82, 2.24) is 14.9 Å². The van der Waals surface area contributed by atoms with Gasteiger partial charge in [-0.25, -0.2) is 4.98 Å². The summed E-state index contributed by atoms with van der Waals surface area (Å²) in [6.07, 6.45) is 4.04. The van der Waals surface area contributed by atoms with Gasteiger partial charge in [-0.1, -0.05) is 13.8 Å². The van der Waals surface area contributed by atoms with Crippen LogP contribution in [0.15, 0.2) is 12.3 Å². The molecule has 0 radical (unpaired) electrons. The Hall–Kier alpha value is -1.20.